The lowest BCUT2D eigenvalue weighted by molar-refractivity contribution is 0.733. The average molecular weight is 277 g/mol. The zero-order valence-corrected chi connectivity index (χ0v) is 11.2. The molecule has 0 fully saturated rings. The number of aromatic nitrogens is 2. The van der Waals surface area contributed by atoms with Gasteiger partial charge < -0.3 is 4.57 Å². The van der Waals surface area contributed by atoms with Crippen LogP contribution in [-0.4, -0.2) is 9.13 Å². The normalized spacial score (nSPS) is 10.4. The summed E-state index contributed by atoms with van der Waals surface area (Å²) in [6.45, 7) is 5.72. The van der Waals surface area contributed by atoms with Crippen LogP contribution in [0.1, 0.15) is 5.56 Å². The van der Waals surface area contributed by atoms with Crippen LogP contribution in [0.5, 0.6) is 0 Å². The molecule has 0 aliphatic rings. The van der Waals surface area contributed by atoms with Gasteiger partial charge >= 0.3 is 11.1 Å². The summed E-state index contributed by atoms with van der Waals surface area (Å²) in [6, 6.07) is 5.22. The van der Waals surface area contributed by atoms with Gasteiger partial charge in [-0.25, -0.2) is 0 Å². The van der Waals surface area contributed by atoms with Gasteiger partial charge in [-0.05, 0) is 24.6 Å². The summed E-state index contributed by atoms with van der Waals surface area (Å²) in [5, 5.41) is 0.555. The van der Waals surface area contributed by atoms with Crippen LogP contribution >= 0.6 is 11.6 Å². The molecule has 4 nitrogen and oxygen atoms in total. The van der Waals surface area contributed by atoms with Crippen molar-refractivity contribution >= 4 is 11.6 Å². The number of allylic oxidation sites excluding steroid dienone is 1. The quantitative estimate of drug-likeness (QED) is 0.637. The van der Waals surface area contributed by atoms with Crippen molar-refractivity contribution in [3.05, 3.63) is 74.5 Å². The Morgan fingerprint density at radius 1 is 1.26 bits per heavy atom. The molecule has 0 aliphatic heterocycles. The fourth-order valence-corrected chi connectivity index (χ4v) is 1.90. The van der Waals surface area contributed by atoms with Gasteiger partial charge in [0.15, 0.2) is 0 Å². The van der Waals surface area contributed by atoms with Crippen molar-refractivity contribution in [2.75, 3.05) is 0 Å². The van der Waals surface area contributed by atoms with Crippen LogP contribution in [0.4, 0.5) is 0 Å². The molecular formula is C14H13ClN2O2. The zero-order valence-electron chi connectivity index (χ0n) is 10.5. The van der Waals surface area contributed by atoms with Crippen molar-refractivity contribution in [2.24, 2.45) is 0 Å². The van der Waals surface area contributed by atoms with Gasteiger partial charge in [-0.3, -0.25) is 14.2 Å². The first-order valence-electron chi connectivity index (χ1n) is 5.74. The molecule has 98 valence electrons. The molecule has 1 aromatic heterocycles. The summed E-state index contributed by atoms with van der Waals surface area (Å²) in [6.07, 6.45) is 4.67. The highest BCUT2D eigenvalue weighted by Gasteiger charge is 2.07. The standard InChI is InChI=1S/C14H13ClN2O2/c1-3-6-16-7-8-17(14(19)13(16)18)11-5-4-10(2)12(15)9-11/h3-5,7-9H,1,6H2,2H3. The predicted octanol–water partition coefficient (Wildman–Crippen LogP) is 2.15. The van der Waals surface area contributed by atoms with Crippen LogP contribution < -0.4 is 11.1 Å². The minimum atomic E-state index is -0.607. The Labute approximate surface area is 115 Å². The summed E-state index contributed by atoms with van der Waals surface area (Å²) in [7, 11) is 0. The number of hydrogen-bond donors (Lipinski definition) is 0. The van der Waals surface area contributed by atoms with Gasteiger partial charge in [-0.15, -0.1) is 6.58 Å². The smallest absolute Gasteiger partial charge is 0.306 e. The van der Waals surface area contributed by atoms with Crippen LogP contribution in [0.2, 0.25) is 5.02 Å². The van der Waals surface area contributed by atoms with Crippen LogP contribution in [0, 0.1) is 6.92 Å². The van der Waals surface area contributed by atoms with Crippen molar-refractivity contribution in [3.8, 4) is 5.69 Å². The topological polar surface area (TPSA) is 44.0 Å². The third-order valence-electron chi connectivity index (χ3n) is 2.82. The lowest BCUT2D eigenvalue weighted by Crippen LogP contribution is -2.39. The van der Waals surface area contributed by atoms with Crippen molar-refractivity contribution in [2.45, 2.75) is 13.5 Å². The van der Waals surface area contributed by atoms with E-state index in [1.807, 2.05) is 6.92 Å². The third-order valence-corrected chi connectivity index (χ3v) is 3.22. The SMILES string of the molecule is C=CCn1ccn(-c2ccc(C)c(Cl)c2)c(=O)c1=O. The fraction of sp³-hybridized carbons (Fsp3) is 0.143. The lowest BCUT2D eigenvalue weighted by atomic mass is 10.2. The highest BCUT2D eigenvalue weighted by Crippen LogP contribution is 2.18. The molecule has 0 atom stereocenters. The molecule has 0 unspecified atom stereocenters. The van der Waals surface area contributed by atoms with Gasteiger partial charge in [0.1, 0.15) is 0 Å². The maximum absolute atomic E-state index is 12.0. The maximum Gasteiger partial charge on any atom is 0.320 e. The number of benzene rings is 1. The van der Waals surface area contributed by atoms with Crippen molar-refractivity contribution < 1.29 is 0 Å². The Balaban J connectivity index is 2.61. The largest absolute Gasteiger partial charge is 0.320 e. The van der Waals surface area contributed by atoms with Gasteiger partial charge in [0.05, 0.1) is 5.69 Å². The molecule has 5 heteroatoms. The van der Waals surface area contributed by atoms with Crippen LogP contribution in [0.25, 0.3) is 5.69 Å². The monoisotopic (exact) mass is 276 g/mol. The molecule has 1 aromatic carbocycles. The van der Waals surface area contributed by atoms with E-state index in [4.69, 9.17) is 11.6 Å². The Morgan fingerprint density at radius 2 is 2.00 bits per heavy atom. The summed E-state index contributed by atoms with van der Waals surface area (Å²) >= 11 is 6.02. The molecule has 0 saturated carbocycles. The predicted molar refractivity (Wildman–Crippen MR) is 76.2 cm³/mol. The lowest BCUT2D eigenvalue weighted by Gasteiger charge is -2.08. The average Bonchev–Trinajstić information content (AvgIpc) is 2.39. The molecule has 2 rings (SSSR count). The molecule has 0 aliphatic carbocycles. The van der Waals surface area contributed by atoms with Crippen LogP contribution in [0.15, 0.2) is 52.8 Å². The molecule has 0 bridgehead atoms. The number of halogens is 1. The summed E-state index contributed by atoms with van der Waals surface area (Å²) in [5.41, 5.74) is 0.297. The molecule has 19 heavy (non-hydrogen) atoms. The van der Waals surface area contributed by atoms with Crippen LogP contribution in [0.3, 0.4) is 0 Å². The Hall–Kier alpha value is -2.07. The van der Waals surface area contributed by atoms with Gasteiger partial charge in [0, 0.05) is 24.0 Å². The van der Waals surface area contributed by atoms with Gasteiger partial charge in [-0.1, -0.05) is 23.7 Å². The number of nitrogens with zero attached hydrogens (tertiary/aromatic N) is 2. The maximum atomic E-state index is 12.0. The van der Waals surface area contributed by atoms with E-state index in [1.165, 1.54) is 9.13 Å². The summed E-state index contributed by atoms with van der Waals surface area (Å²) in [4.78, 5) is 23.9. The molecule has 0 saturated heterocycles. The van der Waals surface area contributed by atoms with Crippen molar-refractivity contribution in [1.29, 1.82) is 0 Å². The van der Waals surface area contributed by atoms with E-state index >= 15 is 0 Å². The second-order valence-electron chi connectivity index (χ2n) is 4.15. The summed E-state index contributed by atoms with van der Waals surface area (Å²) in [5.74, 6) is 0. The third kappa shape index (κ3) is 2.53. The minimum absolute atomic E-state index is 0.309. The Bertz CT molecular complexity index is 744. The molecule has 0 amide bonds. The van der Waals surface area contributed by atoms with Crippen molar-refractivity contribution in [3.63, 3.8) is 0 Å². The molecule has 0 radical (unpaired) electrons. The van der Waals surface area contributed by atoms with Crippen LogP contribution in [-0.2, 0) is 6.54 Å². The molecule has 1 heterocycles. The minimum Gasteiger partial charge on any atom is -0.306 e. The zero-order chi connectivity index (χ0) is 14.0. The summed E-state index contributed by atoms with van der Waals surface area (Å²) < 4.78 is 2.59. The first-order chi connectivity index (χ1) is 9.04. The van der Waals surface area contributed by atoms with E-state index in [9.17, 15) is 9.59 Å². The van der Waals surface area contributed by atoms with Gasteiger partial charge in [-0.2, -0.15) is 0 Å². The second kappa shape index (κ2) is 5.28. The number of aryl methyl sites for hydroxylation is 1. The van der Waals surface area contributed by atoms with E-state index in [-0.39, 0.29) is 0 Å². The number of hydrogen-bond acceptors (Lipinski definition) is 2. The van der Waals surface area contributed by atoms with Crippen molar-refractivity contribution in [1.82, 2.24) is 9.13 Å². The Kier molecular flexibility index (Phi) is 3.71. The van der Waals surface area contributed by atoms with Gasteiger partial charge in [0.25, 0.3) is 0 Å². The van der Waals surface area contributed by atoms with Gasteiger partial charge in [0.2, 0.25) is 0 Å². The Morgan fingerprint density at radius 3 is 2.63 bits per heavy atom. The van der Waals surface area contributed by atoms with E-state index in [2.05, 4.69) is 6.58 Å². The molecular weight excluding hydrogens is 264 g/mol. The second-order valence-corrected chi connectivity index (χ2v) is 4.56. The fourth-order valence-electron chi connectivity index (χ4n) is 1.73. The highest BCUT2D eigenvalue weighted by molar-refractivity contribution is 6.31. The van der Waals surface area contributed by atoms with E-state index in [0.717, 1.165) is 5.56 Å². The molecule has 0 spiro atoms. The molecule has 2 aromatic rings. The first-order valence-corrected chi connectivity index (χ1v) is 6.12. The molecule has 0 N–H and O–H groups in total. The number of rotatable bonds is 3. The highest BCUT2D eigenvalue weighted by atomic mass is 35.5. The van der Waals surface area contributed by atoms with E-state index < -0.39 is 11.1 Å². The first kappa shape index (κ1) is 13.4. The van der Waals surface area contributed by atoms with E-state index in [1.54, 1.807) is 36.7 Å². The van der Waals surface area contributed by atoms with E-state index in [0.29, 0.717) is 17.3 Å².